The summed E-state index contributed by atoms with van der Waals surface area (Å²) in [6.45, 7) is 0. The molecule has 0 aliphatic carbocycles. The third-order valence-electron chi connectivity index (χ3n) is 1.90. The normalized spacial score (nSPS) is 11.1. The van der Waals surface area contributed by atoms with Crippen LogP contribution < -0.4 is 5.73 Å². The second kappa shape index (κ2) is 2.34. The highest BCUT2D eigenvalue weighted by Crippen LogP contribution is 2.16. The maximum Gasteiger partial charge on any atom is 0.205 e. The Kier molecular flexibility index (Phi) is 1.19. The van der Waals surface area contributed by atoms with Crippen LogP contribution in [0.5, 0.6) is 0 Å². The molecule has 0 atom stereocenters. The van der Waals surface area contributed by atoms with Gasteiger partial charge in [-0.1, -0.05) is 0 Å². The lowest BCUT2D eigenvalue weighted by Gasteiger charge is -1.99. The van der Waals surface area contributed by atoms with Gasteiger partial charge in [0.15, 0.2) is 5.82 Å². The molecule has 7 heteroatoms. The number of nitrogens with two attached hydrogens (primary N) is 1. The second-order valence-electron chi connectivity index (χ2n) is 2.74. The van der Waals surface area contributed by atoms with Crippen LogP contribution in [0, 0.1) is 0 Å². The van der Waals surface area contributed by atoms with Crippen molar-refractivity contribution in [1.82, 2.24) is 29.8 Å². The highest BCUT2D eigenvalue weighted by molar-refractivity contribution is 5.92. The number of nitrogen functional groups attached to an aromatic ring is 1. The van der Waals surface area contributed by atoms with Gasteiger partial charge in [-0.2, -0.15) is 4.52 Å². The van der Waals surface area contributed by atoms with Crippen molar-refractivity contribution >= 4 is 22.5 Å². The van der Waals surface area contributed by atoms with Crippen molar-refractivity contribution in [2.45, 2.75) is 0 Å². The molecule has 3 rings (SSSR count). The standard InChI is InChI=1S/C7H5N7/c8-6-4-5(10-2-1-9-4)7-12-11-3-14(7)13-6/h1-3H,(H2,8,13). The molecule has 0 spiro atoms. The highest BCUT2D eigenvalue weighted by Gasteiger charge is 2.08. The third kappa shape index (κ3) is 0.777. The minimum Gasteiger partial charge on any atom is -0.380 e. The van der Waals surface area contributed by atoms with E-state index >= 15 is 0 Å². The lowest BCUT2D eigenvalue weighted by molar-refractivity contribution is 0.939. The Morgan fingerprint density at radius 3 is 2.79 bits per heavy atom. The molecule has 0 unspecified atom stereocenters. The van der Waals surface area contributed by atoms with E-state index in [2.05, 4.69) is 25.3 Å². The summed E-state index contributed by atoms with van der Waals surface area (Å²) in [6.07, 6.45) is 4.61. The summed E-state index contributed by atoms with van der Waals surface area (Å²) in [6, 6.07) is 0. The van der Waals surface area contributed by atoms with Gasteiger partial charge in [-0.25, -0.2) is 9.97 Å². The summed E-state index contributed by atoms with van der Waals surface area (Å²) >= 11 is 0. The van der Waals surface area contributed by atoms with E-state index in [1.54, 1.807) is 12.4 Å². The van der Waals surface area contributed by atoms with E-state index < -0.39 is 0 Å². The molecule has 0 saturated heterocycles. The molecule has 0 aromatic carbocycles. The maximum absolute atomic E-state index is 5.69. The number of rotatable bonds is 0. The smallest absolute Gasteiger partial charge is 0.205 e. The first kappa shape index (κ1) is 7.13. The maximum atomic E-state index is 5.69. The SMILES string of the molecule is Nc1nn2cnnc2c2nccnc12. The molecular formula is C7H5N7. The van der Waals surface area contributed by atoms with E-state index in [4.69, 9.17) is 5.73 Å². The van der Waals surface area contributed by atoms with Crippen LogP contribution in [0.3, 0.4) is 0 Å². The monoisotopic (exact) mass is 187 g/mol. The third-order valence-corrected chi connectivity index (χ3v) is 1.90. The van der Waals surface area contributed by atoms with Gasteiger partial charge in [0.1, 0.15) is 17.4 Å². The molecule has 0 bridgehead atoms. The van der Waals surface area contributed by atoms with Gasteiger partial charge in [0.05, 0.1) is 0 Å². The van der Waals surface area contributed by atoms with E-state index in [0.717, 1.165) is 0 Å². The van der Waals surface area contributed by atoms with Crippen LogP contribution in [-0.4, -0.2) is 29.8 Å². The van der Waals surface area contributed by atoms with Gasteiger partial charge in [0.2, 0.25) is 5.65 Å². The quantitative estimate of drug-likeness (QED) is 0.516. The number of fused-ring (bicyclic) bond motifs is 3. The zero-order valence-electron chi connectivity index (χ0n) is 6.99. The first-order valence-electron chi connectivity index (χ1n) is 3.92. The minimum atomic E-state index is 0.320. The van der Waals surface area contributed by atoms with E-state index in [1.165, 1.54) is 10.8 Å². The molecule has 14 heavy (non-hydrogen) atoms. The molecule has 7 nitrogen and oxygen atoms in total. The fraction of sp³-hybridized carbons (Fsp3) is 0. The van der Waals surface area contributed by atoms with Gasteiger partial charge in [0.25, 0.3) is 0 Å². The Morgan fingerprint density at radius 2 is 1.93 bits per heavy atom. The minimum absolute atomic E-state index is 0.320. The molecule has 3 aromatic rings. The molecule has 0 saturated carbocycles. The van der Waals surface area contributed by atoms with Crippen molar-refractivity contribution < 1.29 is 0 Å². The summed E-state index contributed by atoms with van der Waals surface area (Å²) in [5.74, 6) is 0.320. The number of anilines is 1. The molecule has 3 heterocycles. The predicted octanol–water partition coefficient (Wildman–Crippen LogP) is -0.350. The number of hydrogen-bond acceptors (Lipinski definition) is 6. The largest absolute Gasteiger partial charge is 0.380 e. The van der Waals surface area contributed by atoms with Crippen LogP contribution in [0.15, 0.2) is 18.7 Å². The molecule has 0 radical (unpaired) electrons. The van der Waals surface area contributed by atoms with Crippen molar-refractivity contribution in [1.29, 1.82) is 0 Å². The van der Waals surface area contributed by atoms with Gasteiger partial charge >= 0.3 is 0 Å². The lowest BCUT2D eigenvalue weighted by atomic mass is 10.4. The zero-order chi connectivity index (χ0) is 9.54. The number of hydrogen-bond donors (Lipinski definition) is 1. The zero-order valence-corrected chi connectivity index (χ0v) is 6.99. The van der Waals surface area contributed by atoms with Gasteiger partial charge in [-0.3, -0.25) is 0 Å². The second-order valence-corrected chi connectivity index (χ2v) is 2.74. The van der Waals surface area contributed by atoms with Crippen molar-refractivity contribution in [3.05, 3.63) is 18.7 Å². The van der Waals surface area contributed by atoms with Gasteiger partial charge < -0.3 is 5.73 Å². The number of aromatic nitrogens is 6. The van der Waals surface area contributed by atoms with Crippen LogP contribution >= 0.6 is 0 Å². The van der Waals surface area contributed by atoms with Crippen molar-refractivity contribution in [3.8, 4) is 0 Å². The van der Waals surface area contributed by atoms with Crippen LogP contribution in [0.1, 0.15) is 0 Å². The molecular weight excluding hydrogens is 182 g/mol. The van der Waals surface area contributed by atoms with E-state index in [9.17, 15) is 0 Å². The van der Waals surface area contributed by atoms with E-state index in [0.29, 0.717) is 22.5 Å². The predicted molar refractivity (Wildman–Crippen MR) is 48.3 cm³/mol. The van der Waals surface area contributed by atoms with Crippen LogP contribution in [0.4, 0.5) is 5.82 Å². The summed E-state index contributed by atoms with van der Waals surface area (Å²) < 4.78 is 1.48. The highest BCUT2D eigenvalue weighted by atomic mass is 15.4. The van der Waals surface area contributed by atoms with Crippen LogP contribution in [-0.2, 0) is 0 Å². The Morgan fingerprint density at radius 1 is 1.14 bits per heavy atom. The first-order chi connectivity index (χ1) is 6.86. The van der Waals surface area contributed by atoms with Crippen molar-refractivity contribution in [3.63, 3.8) is 0 Å². The van der Waals surface area contributed by atoms with Crippen molar-refractivity contribution in [2.75, 3.05) is 5.73 Å². The summed E-state index contributed by atoms with van der Waals surface area (Å²) in [7, 11) is 0. The summed E-state index contributed by atoms with van der Waals surface area (Å²) in [5, 5.41) is 11.6. The van der Waals surface area contributed by atoms with E-state index in [-0.39, 0.29) is 0 Å². The first-order valence-corrected chi connectivity index (χ1v) is 3.92. The van der Waals surface area contributed by atoms with Gasteiger partial charge in [0, 0.05) is 12.4 Å². The molecule has 68 valence electrons. The Balaban J connectivity index is 2.67. The average molecular weight is 187 g/mol. The summed E-state index contributed by atoms with van der Waals surface area (Å²) in [4.78, 5) is 8.22. The van der Waals surface area contributed by atoms with Crippen LogP contribution in [0.2, 0.25) is 0 Å². The Labute approximate surface area is 77.6 Å². The Bertz CT molecular complexity index is 614. The topological polar surface area (TPSA) is 94.9 Å². The Hall–Kier alpha value is -2.31. The summed E-state index contributed by atoms with van der Waals surface area (Å²) in [5.41, 5.74) is 7.41. The molecule has 0 aliphatic heterocycles. The molecule has 0 amide bonds. The molecule has 2 N–H and O–H groups in total. The molecule has 3 aromatic heterocycles. The van der Waals surface area contributed by atoms with Crippen LogP contribution in [0.25, 0.3) is 16.7 Å². The fourth-order valence-corrected chi connectivity index (χ4v) is 1.31. The van der Waals surface area contributed by atoms with E-state index in [1.807, 2.05) is 0 Å². The number of nitrogens with zero attached hydrogens (tertiary/aromatic N) is 6. The van der Waals surface area contributed by atoms with Gasteiger partial charge in [-0.05, 0) is 0 Å². The van der Waals surface area contributed by atoms with Gasteiger partial charge in [-0.15, -0.1) is 15.3 Å². The molecule has 0 aliphatic rings. The fourth-order valence-electron chi connectivity index (χ4n) is 1.31. The lowest BCUT2D eigenvalue weighted by Crippen LogP contribution is -2.01. The average Bonchev–Trinajstić information content (AvgIpc) is 2.66. The van der Waals surface area contributed by atoms with Crippen molar-refractivity contribution in [2.24, 2.45) is 0 Å². The molecule has 0 fully saturated rings.